The molecule has 0 saturated carbocycles. The van der Waals surface area contributed by atoms with E-state index in [0.29, 0.717) is 13.1 Å². The molecule has 0 atom stereocenters. The second-order valence-electron chi connectivity index (χ2n) is 3.51. The van der Waals surface area contributed by atoms with Crippen molar-refractivity contribution in [1.82, 2.24) is 0 Å². The number of rotatable bonds is 2. The molecule has 0 spiro atoms. The third-order valence-corrected chi connectivity index (χ3v) is 3.01. The fraction of sp³-hybridized carbons (Fsp3) is 0.333. The van der Waals surface area contributed by atoms with Gasteiger partial charge in [0.25, 0.3) is 0 Å². The van der Waals surface area contributed by atoms with Crippen molar-refractivity contribution in [1.29, 1.82) is 0 Å². The normalized spacial score (nSPS) is 15.7. The maximum absolute atomic E-state index is 10.9. The Bertz CT molecular complexity index is 404. The van der Waals surface area contributed by atoms with E-state index < -0.39 is 7.60 Å². The fourth-order valence-corrected chi connectivity index (χ4v) is 2.45. The molecule has 1 aromatic carbocycles. The highest BCUT2D eigenvalue weighted by Gasteiger charge is 2.23. The Hall–Kier alpha value is -1.03. The largest absolute Gasteiger partial charge is 0.382 e. The Morgan fingerprint density at radius 2 is 2.13 bits per heavy atom. The van der Waals surface area contributed by atoms with Gasteiger partial charge in [0.2, 0.25) is 0 Å². The van der Waals surface area contributed by atoms with Gasteiger partial charge in [-0.1, -0.05) is 12.1 Å². The van der Waals surface area contributed by atoms with Gasteiger partial charge in [-0.15, -0.1) is 0 Å². The summed E-state index contributed by atoms with van der Waals surface area (Å²) in [6, 6.07) is 7.52. The third kappa shape index (κ3) is 2.50. The number of hydrogen-bond acceptors (Lipinski definition) is 3. The Morgan fingerprint density at radius 1 is 1.40 bits per heavy atom. The van der Waals surface area contributed by atoms with Crippen LogP contribution in [0.15, 0.2) is 24.3 Å². The van der Waals surface area contributed by atoms with Crippen molar-refractivity contribution in [3.63, 3.8) is 0 Å². The Morgan fingerprint density at radius 3 is 2.87 bits per heavy atom. The zero-order valence-corrected chi connectivity index (χ0v) is 9.02. The van der Waals surface area contributed by atoms with Crippen LogP contribution in [0, 0.1) is 0 Å². The topological polar surface area (TPSA) is 72.8 Å². The van der Waals surface area contributed by atoms with Gasteiger partial charge in [-0.25, -0.2) is 0 Å². The van der Waals surface area contributed by atoms with Crippen molar-refractivity contribution in [2.45, 2.75) is 0 Å². The molecule has 1 aromatic rings. The smallest absolute Gasteiger partial charge is 0.344 e. The summed E-state index contributed by atoms with van der Waals surface area (Å²) < 4.78 is 10.9. The van der Waals surface area contributed by atoms with Gasteiger partial charge in [0.05, 0.1) is 11.4 Å². The first kappa shape index (κ1) is 10.5. The molecular weight excluding hydrogens is 215 g/mol. The average Bonchev–Trinajstić information content (AvgIpc) is 2.16. The lowest BCUT2D eigenvalue weighted by molar-refractivity contribution is 0.372. The van der Waals surface area contributed by atoms with Crippen LogP contribution in [0.5, 0.6) is 0 Å². The number of fused-ring (bicyclic) bond motifs is 1. The molecule has 0 aromatic heterocycles. The Balaban J connectivity index is 2.26. The summed E-state index contributed by atoms with van der Waals surface area (Å²) in [5, 5.41) is 3.18. The summed E-state index contributed by atoms with van der Waals surface area (Å²) in [6.45, 7) is 1.32. The quantitative estimate of drug-likeness (QED) is 0.660. The highest BCUT2D eigenvalue weighted by molar-refractivity contribution is 7.51. The molecule has 0 radical (unpaired) electrons. The summed E-state index contributed by atoms with van der Waals surface area (Å²) >= 11 is 0. The van der Waals surface area contributed by atoms with Crippen LogP contribution < -0.4 is 10.2 Å². The van der Waals surface area contributed by atoms with E-state index in [4.69, 9.17) is 9.79 Å². The first-order valence-corrected chi connectivity index (χ1v) is 6.48. The standard InChI is InChI=1S/C9H13N2O3P/c12-15(13,14)7-11-6-5-10-8-3-1-2-4-9(8)11/h1-4,10H,5-7H2,(H2,12,13,14). The Labute approximate surface area is 87.9 Å². The molecule has 0 amide bonds. The van der Waals surface area contributed by atoms with Gasteiger partial charge in [-0.3, -0.25) is 4.57 Å². The van der Waals surface area contributed by atoms with Gasteiger partial charge in [0, 0.05) is 13.1 Å². The summed E-state index contributed by atoms with van der Waals surface area (Å²) in [6.07, 6.45) is -0.217. The minimum Gasteiger partial charge on any atom is -0.382 e. The van der Waals surface area contributed by atoms with Crippen molar-refractivity contribution in [2.24, 2.45) is 0 Å². The van der Waals surface area contributed by atoms with Crippen molar-refractivity contribution < 1.29 is 14.4 Å². The molecule has 1 aliphatic heterocycles. The summed E-state index contributed by atoms with van der Waals surface area (Å²) in [5.41, 5.74) is 1.78. The third-order valence-electron chi connectivity index (χ3n) is 2.30. The van der Waals surface area contributed by atoms with Crippen molar-refractivity contribution in [2.75, 3.05) is 29.6 Å². The number of para-hydroxylation sites is 2. The van der Waals surface area contributed by atoms with Gasteiger partial charge in [0.1, 0.15) is 6.29 Å². The van der Waals surface area contributed by atoms with Crippen LogP contribution in [0.25, 0.3) is 0 Å². The van der Waals surface area contributed by atoms with E-state index >= 15 is 0 Å². The Kier molecular flexibility index (Phi) is 2.69. The zero-order valence-electron chi connectivity index (χ0n) is 8.13. The van der Waals surface area contributed by atoms with E-state index in [-0.39, 0.29) is 6.29 Å². The summed E-state index contributed by atoms with van der Waals surface area (Å²) in [4.78, 5) is 19.6. The molecule has 5 nitrogen and oxygen atoms in total. The minimum atomic E-state index is -3.99. The van der Waals surface area contributed by atoms with Gasteiger partial charge in [0.15, 0.2) is 0 Å². The minimum absolute atomic E-state index is 0.217. The highest BCUT2D eigenvalue weighted by atomic mass is 31.2. The molecule has 2 rings (SSSR count). The fourth-order valence-electron chi connectivity index (χ4n) is 1.71. The maximum Gasteiger partial charge on any atom is 0.344 e. The lowest BCUT2D eigenvalue weighted by Crippen LogP contribution is -2.34. The molecular formula is C9H13N2O3P. The monoisotopic (exact) mass is 228 g/mol. The lowest BCUT2D eigenvalue weighted by Gasteiger charge is -2.31. The number of nitrogens with zero attached hydrogens (tertiary/aromatic N) is 1. The first-order valence-electron chi connectivity index (χ1n) is 4.69. The van der Waals surface area contributed by atoms with E-state index in [2.05, 4.69) is 5.32 Å². The molecule has 82 valence electrons. The van der Waals surface area contributed by atoms with Crippen molar-refractivity contribution in [3.8, 4) is 0 Å². The summed E-state index contributed by atoms with van der Waals surface area (Å²) in [7, 11) is -3.99. The van der Waals surface area contributed by atoms with Crippen LogP contribution in [-0.4, -0.2) is 29.2 Å². The first-order chi connectivity index (χ1) is 7.06. The molecule has 0 fully saturated rings. The number of nitrogens with one attached hydrogen (secondary N) is 1. The SMILES string of the molecule is O=P(O)(O)CN1CCNc2ccccc21. The predicted molar refractivity (Wildman–Crippen MR) is 59.2 cm³/mol. The van der Waals surface area contributed by atoms with Crippen molar-refractivity contribution >= 4 is 19.0 Å². The van der Waals surface area contributed by atoms with Gasteiger partial charge < -0.3 is 20.0 Å². The zero-order chi connectivity index (χ0) is 10.9. The lowest BCUT2D eigenvalue weighted by atomic mass is 10.2. The van der Waals surface area contributed by atoms with Crippen LogP contribution in [-0.2, 0) is 4.57 Å². The number of hydrogen-bond donors (Lipinski definition) is 3. The van der Waals surface area contributed by atoms with E-state index in [1.807, 2.05) is 24.3 Å². The van der Waals surface area contributed by atoms with Gasteiger partial charge in [-0.2, -0.15) is 0 Å². The van der Waals surface area contributed by atoms with Crippen molar-refractivity contribution in [3.05, 3.63) is 24.3 Å². The van der Waals surface area contributed by atoms with E-state index in [0.717, 1.165) is 11.4 Å². The van der Waals surface area contributed by atoms with E-state index in [9.17, 15) is 4.57 Å². The van der Waals surface area contributed by atoms with Gasteiger partial charge in [-0.05, 0) is 12.1 Å². The molecule has 0 saturated heterocycles. The molecule has 3 N–H and O–H groups in total. The van der Waals surface area contributed by atoms with Gasteiger partial charge >= 0.3 is 7.60 Å². The van der Waals surface area contributed by atoms with Crippen LogP contribution in [0.4, 0.5) is 11.4 Å². The molecule has 0 unspecified atom stereocenters. The maximum atomic E-state index is 10.9. The molecule has 0 bridgehead atoms. The average molecular weight is 228 g/mol. The second kappa shape index (κ2) is 3.85. The molecule has 1 aliphatic rings. The molecule has 1 heterocycles. The molecule has 6 heteroatoms. The van der Waals surface area contributed by atoms with E-state index in [1.54, 1.807) is 4.90 Å². The molecule has 15 heavy (non-hydrogen) atoms. The van der Waals surface area contributed by atoms with Crippen LogP contribution >= 0.6 is 7.60 Å². The van der Waals surface area contributed by atoms with Crippen LogP contribution in [0.3, 0.4) is 0 Å². The number of benzene rings is 1. The van der Waals surface area contributed by atoms with Crippen LogP contribution in [0.2, 0.25) is 0 Å². The van der Waals surface area contributed by atoms with Crippen LogP contribution in [0.1, 0.15) is 0 Å². The van der Waals surface area contributed by atoms with E-state index in [1.165, 1.54) is 0 Å². The number of anilines is 2. The summed E-state index contributed by atoms with van der Waals surface area (Å²) in [5.74, 6) is 0. The second-order valence-corrected chi connectivity index (χ2v) is 5.13. The molecule has 0 aliphatic carbocycles. The predicted octanol–water partition coefficient (Wildman–Crippen LogP) is 1.05. The highest BCUT2D eigenvalue weighted by Crippen LogP contribution is 2.39.